The first-order valence-corrected chi connectivity index (χ1v) is 5.87. The highest BCUT2D eigenvalue weighted by atomic mass is 19.1. The number of rotatable bonds is 3. The molecule has 2 N–H and O–H groups in total. The third kappa shape index (κ3) is 2.38. The molecular weight excluding hydrogens is 245 g/mol. The van der Waals surface area contributed by atoms with Gasteiger partial charge in [0.25, 0.3) is 0 Å². The van der Waals surface area contributed by atoms with Gasteiger partial charge in [-0.25, -0.2) is 4.39 Å². The average Bonchev–Trinajstić information content (AvgIpc) is 2.81. The van der Waals surface area contributed by atoms with Crippen molar-refractivity contribution in [1.29, 1.82) is 0 Å². The second-order valence-corrected chi connectivity index (χ2v) is 4.22. The van der Waals surface area contributed by atoms with Crippen molar-refractivity contribution in [3.05, 3.63) is 60.1 Å². The Labute approximate surface area is 109 Å². The Kier molecular flexibility index (Phi) is 2.83. The number of hydrogen-bond acceptors (Lipinski definition) is 3. The van der Waals surface area contributed by atoms with Crippen molar-refractivity contribution in [2.45, 2.75) is 6.61 Å². The lowest BCUT2D eigenvalue weighted by Crippen LogP contribution is -1.93. The molecule has 0 fully saturated rings. The Balaban J connectivity index is 1.80. The van der Waals surface area contributed by atoms with Gasteiger partial charge in [-0.1, -0.05) is 12.1 Å². The Morgan fingerprint density at radius 1 is 1.11 bits per heavy atom. The van der Waals surface area contributed by atoms with Crippen molar-refractivity contribution < 1.29 is 13.5 Å². The molecule has 19 heavy (non-hydrogen) atoms. The van der Waals surface area contributed by atoms with Crippen LogP contribution in [-0.2, 0) is 6.61 Å². The number of fused-ring (bicyclic) bond motifs is 1. The Morgan fingerprint density at radius 2 is 1.95 bits per heavy atom. The predicted octanol–water partition coefficient (Wildman–Crippen LogP) is 3.73. The van der Waals surface area contributed by atoms with E-state index < -0.39 is 0 Å². The van der Waals surface area contributed by atoms with E-state index in [0.29, 0.717) is 17.2 Å². The highest BCUT2D eigenvalue weighted by Crippen LogP contribution is 2.25. The number of hydrogen-bond donors (Lipinski definition) is 1. The first kappa shape index (κ1) is 11.6. The maximum absolute atomic E-state index is 13.0. The second kappa shape index (κ2) is 4.65. The SMILES string of the molecule is Nc1cccc2oc(COc3cccc(F)c3)cc12. The molecule has 0 bridgehead atoms. The predicted molar refractivity (Wildman–Crippen MR) is 71.4 cm³/mol. The monoisotopic (exact) mass is 257 g/mol. The number of halogens is 1. The van der Waals surface area contributed by atoms with Crippen LogP contribution in [0.1, 0.15) is 5.76 Å². The van der Waals surface area contributed by atoms with Crippen molar-refractivity contribution in [3.63, 3.8) is 0 Å². The van der Waals surface area contributed by atoms with E-state index in [0.717, 1.165) is 11.0 Å². The summed E-state index contributed by atoms with van der Waals surface area (Å²) in [6.07, 6.45) is 0. The molecule has 0 saturated heterocycles. The van der Waals surface area contributed by atoms with Gasteiger partial charge in [-0.2, -0.15) is 0 Å². The van der Waals surface area contributed by atoms with Crippen LogP contribution in [0.5, 0.6) is 5.75 Å². The Hall–Kier alpha value is -2.49. The molecule has 0 amide bonds. The van der Waals surface area contributed by atoms with Crippen molar-refractivity contribution in [3.8, 4) is 5.75 Å². The lowest BCUT2D eigenvalue weighted by molar-refractivity contribution is 0.273. The first-order chi connectivity index (χ1) is 9.22. The van der Waals surface area contributed by atoms with Gasteiger partial charge >= 0.3 is 0 Å². The average molecular weight is 257 g/mol. The Bertz CT molecular complexity index is 721. The van der Waals surface area contributed by atoms with Crippen LogP contribution >= 0.6 is 0 Å². The van der Waals surface area contributed by atoms with Gasteiger partial charge in [0.1, 0.15) is 29.5 Å². The lowest BCUT2D eigenvalue weighted by Gasteiger charge is -2.03. The molecule has 1 aromatic heterocycles. The third-order valence-electron chi connectivity index (χ3n) is 2.82. The molecule has 3 aromatic rings. The largest absolute Gasteiger partial charge is 0.486 e. The van der Waals surface area contributed by atoms with Gasteiger partial charge in [-0.3, -0.25) is 0 Å². The quantitative estimate of drug-likeness (QED) is 0.727. The maximum atomic E-state index is 13.0. The summed E-state index contributed by atoms with van der Waals surface area (Å²) in [5.41, 5.74) is 7.23. The van der Waals surface area contributed by atoms with E-state index in [4.69, 9.17) is 14.9 Å². The molecule has 0 radical (unpaired) electrons. The van der Waals surface area contributed by atoms with Crippen LogP contribution in [0.25, 0.3) is 11.0 Å². The van der Waals surface area contributed by atoms with E-state index in [1.807, 2.05) is 24.3 Å². The van der Waals surface area contributed by atoms with Gasteiger partial charge in [0.2, 0.25) is 0 Å². The minimum absolute atomic E-state index is 0.234. The van der Waals surface area contributed by atoms with E-state index in [1.165, 1.54) is 12.1 Å². The zero-order valence-electron chi connectivity index (χ0n) is 10.1. The number of anilines is 1. The van der Waals surface area contributed by atoms with Gasteiger partial charge in [0.15, 0.2) is 0 Å². The van der Waals surface area contributed by atoms with E-state index in [2.05, 4.69) is 0 Å². The van der Waals surface area contributed by atoms with Crippen LogP contribution in [0.4, 0.5) is 10.1 Å². The van der Waals surface area contributed by atoms with Crippen LogP contribution < -0.4 is 10.5 Å². The van der Waals surface area contributed by atoms with E-state index in [1.54, 1.807) is 12.1 Å². The molecule has 4 heteroatoms. The number of ether oxygens (including phenoxy) is 1. The van der Waals surface area contributed by atoms with Crippen molar-refractivity contribution in [2.75, 3.05) is 5.73 Å². The standard InChI is InChI=1S/C15H12FNO2/c16-10-3-1-4-11(7-10)18-9-12-8-13-14(17)5-2-6-15(13)19-12/h1-8H,9,17H2. The van der Waals surface area contributed by atoms with Gasteiger partial charge < -0.3 is 14.9 Å². The minimum Gasteiger partial charge on any atom is -0.486 e. The van der Waals surface area contributed by atoms with Crippen molar-refractivity contribution in [1.82, 2.24) is 0 Å². The van der Waals surface area contributed by atoms with E-state index in [9.17, 15) is 4.39 Å². The third-order valence-corrected chi connectivity index (χ3v) is 2.82. The second-order valence-electron chi connectivity index (χ2n) is 4.22. The molecule has 0 aliphatic rings. The molecule has 0 saturated carbocycles. The smallest absolute Gasteiger partial charge is 0.146 e. The summed E-state index contributed by atoms with van der Waals surface area (Å²) in [7, 11) is 0. The number of furan rings is 1. The lowest BCUT2D eigenvalue weighted by atomic mass is 10.2. The first-order valence-electron chi connectivity index (χ1n) is 5.87. The molecule has 0 aliphatic heterocycles. The Morgan fingerprint density at radius 3 is 2.74 bits per heavy atom. The van der Waals surface area contributed by atoms with Crippen LogP contribution in [0.15, 0.2) is 52.9 Å². The van der Waals surface area contributed by atoms with Gasteiger partial charge in [-0.15, -0.1) is 0 Å². The molecule has 3 nitrogen and oxygen atoms in total. The van der Waals surface area contributed by atoms with Crippen LogP contribution in [0.3, 0.4) is 0 Å². The molecular formula is C15H12FNO2. The van der Waals surface area contributed by atoms with E-state index in [-0.39, 0.29) is 12.4 Å². The molecule has 1 heterocycles. The van der Waals surface area contributed by atoms with Crippen LogP contribution in [0, 0.1) is 5.82 Å². The molecule has 0 unspecified atom stereocenters. The van der Waals surface area contributed by atoms with Gasteiger partial charge in [-0.05, 0) is 30.3 Å². The number of benzene rings is 2. The summed E-state index contributed by atoms with van der Waals surface area (Å²) < 4.78 is 24.1. The molecule has 0 atom stereocenters. The van der Waals surface area contributed by atoms with Crippen molar-refractivity contribution >= 4 is 16.7 Å². The molecule has 2 aromatic carbocycles. The van der Waals surface area contributed by atoms with Crippen LogP contribution in [-0.4, -0.2) is 0 Å². The topological polar surface area (TPSA) is 48.4 Å². The maximum Gasteiger partial charge on any atom is 0.146 e. The minimum atomic E-state index is -0.327. The summed E-state index contributed by atoms with van der Waals surface area (Å²) in [6, 6.07) is 13.3. The van der Waals surface area contributed by atoms with E-state index >= 15 is 0 Å². The number of nitrogens with two attached hydrogens (primary N) is 1. The summed E-state index contributed by atoms with van der Waals surface area (Å²) in [5.74, 6) is 0.789. The number of nitrogen functional groups attached to an aromatic ring is 1. The zero-order valence-corrected chi connectivity index (χ0v) is 10.1. The summed E-state index contributed by atoms with van der Waals surface area (Å²) in [6.45, 7) is 0.234. The van der Waals surface area contributed by atoms with Gasteiger partial charge in [0.05, 0.1) is 0 Å². The zero-order chi connectivity index (χ0) is 13.2. The molecule has 3 rings (SSSR count). The van der Waals surface area contributed by atoms with Crippen molar-refractivity contribution in [2.24, 2.45) is 0 Å². The molecule has 0 spiro atoms. The normalized spacial score (nSPS) is 10.8. The van der Waals surface area contributed by atoms with Crippen LogP contribution in [0.2, 0.25) is 0 Å². The molecule has 96 valence electrons. The molecule has 0 aliphatic carbocycles. The summed E-state index contributed by atoms with van der Waals surface area (Å²) in [4.78, 5) is 0. The fourth-order valence-electron chi connectivity index (χ4n) is 1.92. The highest BCUT2D eigenvalue weighted by molar-refractivity contribution is 5.89. The van der Waals surface area contributed by atoms with Gasteiger partial charge in [0, 0.05) is 17.1 Å². The fourth-order valence-corrected chi connectivity index (χ4v) is 1.92. The summed E-state index contributed by atoms with van der Waals surface area (Å²) >= 11 is 0. The summed E-state index contributed by atoms with van der Waals surface area (Å²) in [5, 5.41) is 0.861. The highest BCUT2D eigenvalue weighted by Gasteiger charge is 2.06. The fraction of sp³-hybridized carbons (Fsp3) is 0.0667.